The molecule has 0 saturated heterocycles. The topological polar surface area (TPSA) is 85.0 Å². The van der Waals surface area contributed by atoms with E-state index in [9.17, 15) is 0 Å². The zero-order chi connectivity index (χ0) is 13.7. The zero-order valence-corrected chi connectivity index (χ0v) is 11.4. The predicted octanol–water partition coefficient (Wildman–Crippen LogP) is 1.59. The van der Waals surface area contributed by atoms with E-state index in [4.69, 9.17) is 9.47 Å². The monoisotopic (exact) mass is 265 g/mol. The Labute approximate surface area is 111 Å². The summed E-state index contributed by atoms with van der Waals surface area (Å²) in [7, 11) is 0. The van der Waals surface area contributed by atoms with Gasteiger partial charge in [-0.05, 0) is 20.8 Å². The van der Waals surface area contributed by atoms with E-state index < -0.39 is 0 Å². The Morgan fingerprint density at radius 1 is 1.32 bits per heavy atom. The van der Waals surface area contributed by atoms with Crippen LogP contribution in [0.2, 0.25) is 0 Å². The quantitative estimate of drug-likeness (QED) is 0.739. The Kier molecular flexibility index (Phi) is 4.51. The van der Waals surface area contributed by atoms with Gasteiger partial charge in [0, 0.05) is 6.54 Å². The lowest BCUT2D eigenvalue weighted by molar-refractivity contribution is 0.0546. The van der Waals surface area contributed by atoms with Crippen molar-refractivity contribution in [2.75, 3.05) is 25.1 Å². The van der Waals surface area contributed by atoms with Crippen LogP contribution in [0.25, 0.3) is 11.0 Å². The van der Waals surface area contributed by atoms with Crippen LogP contribution >= 0.6 is 0 Å². The van der Waals surface area contributed by atoms with E-state index in [2.05, 4.69) is 25.5 Å². The van der Waals surface area contributed by atoms with Crippen LogP contribution in [0, 0.1) is 0 Å². The van der Waals surface area contributed by atoms with Crippen LogP contribution in [-0.2, 0) is 4.74 Å². The van der Waals surface area contributed by atoms with E-state index in [1.165, 1.54) is 0 Å². The predicted molar refractivity (Wildman–Crippen MR) is 72.4 cm³/mol. The number of fused-ring (bicyclic) bond motifs is 1. The minimum atomic E-state index is 0.195. The molecule has 0 aliphatic carbocycles. The number of H-pyrrole nitrogens is 1. The maximum Gasteiger partial charge on any atom is 0.229 e. The first-order valence-corrected chi connectivity index (χ1v) is 6.40. The summed E-state index contributed by atoms with van der Waals surface area (Å²) >= 11 is 0. The molecule has 0 radical (unpaired) electrons. The van der Waals surface area contributed by atoms with Crippen molar-refractivity contribution in [3.63, 3.8) is 0 Å². The van der Waals surface area contributed by atoms with E-state index in [0.29, 0.717) is 30.7 Å². The van der Waals surface area contributed by atoms with Gasteiger partial charge in [0.1, 0.15) is 12.0 Å². The lowest BCUT2D eigenvalue weighted by Crippen LogP contribution is -2.12. The van der Waals surface area contributed by atoms with Gasteiger partial charge >= 0.3 is 0 Å². The molecule has 2 rings (SSSR count). The lowest BCUT2D eigenvalue weighted by Gasteiger charge is -2.10. The van der Waals surface area contributed by atoms with Crippen LogP contribution in [0.3, 0.4) is 0 Å². The van der Waals surface area contributed by atoms with Crippen LogP contribution in [0.5, 0.6) is 5.88 Å². The van der Waals surface area contributed by atoms with Crippen LogP contribution in [0.1, 0.15) is 20.8 Å². The summed E-state index contributed by atoms with van der Waals surface area (Å²) in [6.45, 7) is 7.68. The fourth-order valence-corrected chi connectivity index (χ4v) is 1.58. The van der Waals surface area contributed by atoms with Crippen molar-refractivity contribution in [3.05, 3.63) is 6.20 Å². The summed E-state index contributed by atoms with van der Waals surface area (Å²) in [6, 6.07) is 0. The van der Waals surface area contributed by atoms with Crippen molar-refractivity contribution in [3.8, 4) is 5.88 Å². The number of rotatable bonds is 7. The number of aromatic nitrogens is 4. The lowest BCUT2D eigenvalue weighted by atomic mass is 10.4. The van der Waals surface area contributed by atoms with Gasteiger partial charge < -0.3 is 14.8 Å². The molecule has 2 aromatic rings. The third-order valence-corrected chi connectivity index (χ3v) is 2.38. The molecule has 0 aromatic carbocycles. The van der Waals surface area contributed by atoms with Crippen LogP contribution in [0.4, 0.5) is 5.95 Å². The van der Waals surface area contributed by atoms with E-state index in [0.717, 1.165) is 11.9 Å². The van der Waals surface area contributed by atoms with Gasteiger partial charge in [-0.15, -0.1) is 0 Å². The summed E-state index contributed by atoms with van der Waals surface area (Å²) in [5.74, 6) is 1.04. The number of hydrogen-bond donors (Lipinski definition) is 2. The minimum Gasteiger partial charge on any atom is -0.475 e. The Morgan fingerprint density at radius 2 is 2.16 bits per heavy atom. The van der Waals surface area contributed by atoms with Crippen molar-refractivity contribution < 1.29 is 9.47 Å². The van der Waals surface area contributed by atoms with Gasteiger partial charge in [0.05, 0.1) is 18.9 Å². The molecule has 7 heteroatoms. The van der Waals surface area contributed by atoms with Crippen molar-refractivity contribution >= 4 is 17.0 Å². The molecule has 7 nitrogen and oxygen atoms in total. The zero-order valence-electron chi connectivity index (χ0n) is 11.4. The third-order valence-electron chi connectivity index (χ3n) is 2.38. The third kappa shape index (κ3) is 3.54. The molecule has 0 spiro atoms. The van der Waals surface area contributed by atoms with Crippen LogP contribution in [0.15, 0.2) is 6.20 Å². The Bertz CT molecular complexity index is 526. The minimum absolute atomic E-state index is 0.195. The van der Waals surface area contributed by atoms with E-state index in [1.807, 2.05) is 20.8 Å². The van der Waals surface area contributed by atoms with Gasteiger partial charge in [0.25, 0.3) is 0 Å². The molecule has 0 amide bonds. The molecule has 0 unspecified atom stereocenters. The number of nitrogens with zero attached hydrogens (tertiary/aromatic N) is 3. The number of anilines is 1. The molecular formula is C12H19N5O2. The smallest absolute Gasteiger partial charge is 0.229 e. The first-order chi connectivity index (χ1) is 9.20. The number of aromatic amines is 1. The Morgan fingerprint density at radius 3 is 2.89 bits per heavy atom. The molecule has 2 aromatic heterocycles. The number of hydrogen-bond acceptors (Lipinski definition) is 6. The maximum atomic E-state index is 5.64. The Balaban J connectivity index is 2.09. The fourth-order valence-electron chi connectivity index (χ4n) is 1.58. The average Bonchev–Trinajstić information content (AvgIpc) is 2.83. The van der Waals surface area contributed by atoms with Crippen molar-refractivity contribution in [2.45, 2.75) is 26.9 Å². The van der Waals surface area contributed by atoms with Gasteiger partial charge in [-0.2, -0.15) is 15.1 Å². The summed E-state index contributed by atoms with van der Waals surface area (Å²) in [4.78, 5) is 8.61. The van der Waals surface area contributed by atoms with Gasteiger partial charge in [-0.1, -0.05) is 0 Å². The van der Waals surface area contributed by atoms with E-state index in [1.54, 1.807) is 6.20 Å². The molecule has 0 fully saturated rings. The van der Waals surface area contributed by atoms with Crippen molar-refractivity contribution in [1.82, 2.24) is 20.2 Å². The van der Waals surface area contributed by atoms with Gasteiger partial charge in [0.15, 0.2) is 5.65 Å². The highest BCUT2D eigenvalue weighted by Gasteiger charge is 2.10. The fraction of sp³-hybridized carbons (Fsp3) is 0.583. The van der Waals surface area contributed by atoms with Crippen LogP contribution in [-0.4, -0.2) is 46.0 Å². The van der Waals surface area contributed by atoms with Gasteiger partial charge in [-0.25, -0.2) is 0 Å². The number of nitrogens with one attached hydrogen (secondary N) is 2. The summed E-state index contributed by atoms with van der Waals surface area (Å²) < 4.78 is 11.1. The normalized spacial score (nSPS) is 11.2. The van der Waals surface area contributed by atoms with Gasteiger partial charge in [0.2, 0.25) is 11.8 Å². The standard InChI is InChI=1S/C12H19N5O2/c1-4-13-12-15-10-9(7-14-17-10)11(16-12)19-6-5-18-8(2)3/h7-8H,4-6H2,1-3H3,(H2,13,14,15,16,17). The maximum absolute atomic E-state index is 5.64. The highest BCUT2D eigenvalue weighted by molar-refractivity contribution is 5.80. The second-order valence-electron chi connectivity index (χ2n) is 4.28. The molecule has 0 aliphatic rings. The highest BCUT2D eigenvalue weighted by atomic mass is 16.5. The van der Waals surface area contributed by atoms with Crippen molar-refractivity contribution in [2.24, 2.45) is 0 Å². The Hall–Kier alpha value is -1.89. The first kappa shape index (κ1) is 13.5. The summed E-state index contributed by atoms with van der Waals surface area (Å²) in [5.41, 5.74) is 0.658. The molecule has 0 bridgehead atoms. The van der Waals surface area contributed by atoms with Crippen molar-refractivity contribution in [1.29, 1.82) is 0 Å². The molecular weight excluding hydrogens is 246 g/mol. The second-order valence-corrected chi connectivity index (χ2v) is 4.28. The summed E-state index contributed by atoms with van der Waals surface area (Å²) in [6.07, 6.45) is 1.85. The molecule has 0 aliphatic heterocycles. The molecule has 19 heavy (non-hydrogen) atoms. The highest BCUT2D eigenvalue weighted by Crippen LogP contribution is 2.21. The SMILES string of the molecule is CCNc1nc(OCCOC(C)C)c2cn[nH]c2n1. The molecule has 2 N–H and O–H groups in total. The summed E-state index contributed by atoms with van der Waals surface area (Å²) in [5, 5.41) is 10.6. The average molecular weight is 265 g/mol. The first-order valence-electron chi connectivity index (χ1n) is 6.40. The van der Waals surface area contributed by atoms with Gasteiger partial charge in [-0.3, -0.25) is 5.10 Å². The molecule has 0 saturated carbocycles. The second kappa shape index (κ2) is 6.33. The van der Waals surface area contributed by atoms with E-state index in [-0.39, 0.29) is 6.10 Å². The number of ether oxygens (including phenoxy) is 2. The molecule has 0 atom stereocenters. The van der Waals surface area contributed by atoms with Crippen LogP contribution < -0.4 is 10.1 Å². The largest absolute Gasteiger partial charge is 0.475 e. The molecule has 104 valence electrons. The molecule has 2 heterocycles. The van der Waals surface area contributed by atoms with E-state index >= 15 is 0 Å².